The molecular formula is C20H31NO. The van der Waals surface area contributed by atoms with E-state index in [4.69, 9.17) is 0 Å². The molecule has 0 aromatic carbocycles. The van der Waals surface area contributed by atoms with Crippen LogP contribution in [0.4, 0.5) is 0 Å². The van der Waals surface area contributed by atoms with Crippen molar-refractivity contribution in [1.29, 1.82) is 0 Å². The lowest BCUT2D eigenvalue weighted by Gasteiger charge is -2.57. The Kier molecular flexibility index (Phi) is 3.14. The summed E-state index contributed by atoms with van der Waals surface area (Å²) in [5.74, 6) is 5.04. The van der Waals surface area contributed by atoms with Crippen LogP contribution in [0.1, 0.15) is 70.6 Å². The molecule has 6 aliphatic rings. The average molecular weight is 301 g/mol. The van der Waals surface area contributed by atoms with Crippen molar-refractivity contribution in [3.63, 3.8) is 0 Å². The molecule has 4 bridgehead atoms. The molecule has 0 aromatic heterocycles. The first kappa shape index (κ1) is 13.9. The summed E-state index contributed by atoms with van der Waals surface area (Å²) in [6, 6.07) is 0. The largest absolute Gasteiger partial charge is 0.342 e. The molecule has 0 radical (unpaired) electrons. The molecule has 6 fully saturated rings. The van der Waals surface area contributed by atoms with Gasteiger partial charge in [0.2, 0.25) is 5.91 Å². The van der Waals surface area contributed by atoms with Crippen LogP contribution < -0.4 is 0 Å². The van der Waals surface area contributed by atoms with E-state index in [1.807, 2.05) is 0 Å². The molecular weight excluding hydrogens is 270 g/mol. The Balaban J connectivity index is 1.34. The zero-order chi connectivity index (χ0) is 14.7. The molecule has 122 valence electrons. The molecule has 5 aliphatic carbocycles. The van der Waals surface area contributed by atoms with Crippen molar-refractivity contribution in [2.45, 2.75) is 70.6 Å². The minimum atomic E-state index is 0.0935. The van der Waals surface area contributed by atoms with E-state index in [9.17, 15) is 4.79 Å². The monoisotopic (exact) mass is 301 g/mol. The Morgan fingerprint density at radius 2 is 1.41 bits per heavy atom. The van der Waals surface area contributed by atoms with Crippen LogP contribution in [0, 0.1) is 35.0 Å². The van der Waals surface area contributed by atoms with E-state index in [0.29, 0.717) is 5.91 Å². The summed E-state index contributed by atoms with van der Waals surface area (Å²) >= 11 is 0. The number of amides is 1. The third kappa shape index (κ3) is 2.08. The summed E-state index contributed by atoms with van der Waals surface area (Å²) in [4.78, 5) is 15.8. The molecule has 2 heteroatoms. The molecule has 0 spiro atoms. The van der Waals surface area contributed by atoms with E-state index in [1.54, 1.807) is 0 Å². The van der Waals surface area contributed by atoms with Gasteiger partial charge >= 0.3 is 0 Å². The van der Waals surface area contributed by atoms with Crippen LogP contribution in [-0.2, 0) is 4.79 Å². The Morgan fingerprint density at radius 3 is 2.05 bits per heavy atom. The van der Waals surface area contributed by atoms with Crippen molar-refractivity contribution in [3.05, 3.63) is 0 Å². The maximum Gasteiger partial charge on any atom is 0.228 e. The first-order chi connectivity index (χ1) is 10.7. The number of carbonyl (C=O) groups is 1. The smallest absolute Gasteiger partial charge is 0.228 e. The van der Waals surface area contributed by atoms with Gasteiger partial charge in [-0.05, 0) is 81.0 Å². The molecule has 6 rings (SSSR count). The average Bonchev–Trinajstić information content (AvgIpc) is 2.52. The molecule has 1 amide bonds. The van der Waals surface area contributed by atoms with Crippen molar-refractivity contribution in [1.82, 2.24) is 4.90 Å². The molecule has 5 saturated carbocycles. The van der Waals surface area contributed by atoms with E-state index in [2.05, 4.69) is 4.90 Å². The lowest BCUT2D eigenvalue weighted by molar-refractivity contribution is -0.160. The van der Waals surface area contributed by atoms with Crippen molar-refractivity contribution < 1.29 is 4.79 Å². The number of likely N-dealkylation sites (tertiary alicyclic amines) is 1. The molecule has 1 saturated heterocycles. The van der Waals surface area contributed by atoms with Gasteiger partial charge < -0.3 is 4.90 Å². The van der Waals surface area contributed by atoms with Gasteiger partial charge in [-0.15, -0.1) is 0 Å². The summed E-state index contributed by atoms with van der Waals surface area (Å²) in [5, 5.41) is 0. The minimum Gasteiger partial charge on any atom is -0.342 e. The van der Waals surface area contributed by atoms with E-state index < -0.39 is 0 Å². The lowest BCUT2D eigenvalue weighted by Crippen LogP contribution is -2.57. The predicted octanol–water partition coefficient (Wildman–Crippen LogP) is 4.24. The van der Waals surface area contributed by atoms with Gasteiger partial charge in [0.25, 0.3) is 0 Å². The Hall–Kier alpha value is -0.530. The molecule has 0 N–H and O–H groups in total. The molecule has 0 unspecified atom stereocenters. The van der Waals surface area contributed by atoms with Crippen molar-refractivity contribution >= 4 is 5.91 Å². The van der Waals surface area contributed by atoms with Gasteiger partial charge in [-0.1, -0.05) is 19.3 Å². The summed E-state index contributed by atoms with van der Waals surface area (Å²) in [6.45, 7) is 2.17. The second-order valence-electron chi connectivity index (χ2n) is 9.54. The summed E-state index contributed by atoms with van der Waals surface area (Å²) in [6.07, 6.45) is 15.0. The SMILES string of the molecule is O=C(N1CC[C@@H]2CCCC[C@H]2C1)C12CC3CC(CC(C3)C1)C2. The van der Waals surface area contributed by atoms with Gasteiger partial charge in [-0.3, -0.25) is 4.79 Å². The highest BCUT2D eigenvalue weighted by atomic mass is 16.2. The third-order valence-corrected chi connectivity index (χ3v) is 8.07. The summed E-state index contributed by atoms with van der Waals surface area (Å²) < 4.78 is 0. The maximum atomic E-state index is 13.5. The van der Waals surface area contributed by atoms with E-state index in [0.717, 1.165) is 42.7 Å². The highest BCUT2D eigenvalue weighted by molar-refractivity contribution is 5.83. The summed E-state index contributed by atoms with van der Waals surface area (Å²) in [7, 11) is 0. The van der Waals surface area contributed by atoms with Gasteiger partial charge in [-0.25, -0.2) is 0 Å². The Bertz CT molecular complexity index is 435. The van der Waals surface area contributed by atoms with Crippen LogP contribution in [0.2, 0.25) is 0 Å². The first-order valence-electron chi connectivity index (χ1n) is 10.0. The van der Waals surface area contributed by atoms with E-state index in [-0.39, 0.29) is 5.41 Å². The molecule has 1 heterocycles. The second-order valence-corrected chi connectivity index (χ2v) is 9.54. The Morgan fingerprint density at radius 1 is 0.818 bits per heavy atom. The number of nitrogens with zero attached hydrogens (tertiary/aromatic N) is 1. The van der Waals surface area contributed by atoms with Crippen molar-refractivity contribution in [2.75, 3.05) is 13.1 Å². The van der Waals surface area contributed by atoms with Gasteiger partial charge in [0.15, 0.2) is 0 Å². The maximum absolute atomic E-state index is 13.5. The van der Waals surface area contributed by atoms with Gasteiger partial charge in [0.1, 0.15) is 0 Å². The third-order valence-electron chi connectivity index (χ3n) is 8.07. The standard InChI is InChI=1S/C20H31NO/c22-19(21-6-5-17-3-1-2-4-18(17)13-21)20-10-14-7-15(11-20)9-16(8-14)12-20/h14-18H,1-13H2/t14?,15?,16?,17-,18-,20?/m0/s1. The van der Waals surface area contributed by atoms with Crippen LogP contribution in [0.15, 0.2) is 0 Å². The van der Waals surface area contributed by atoms with Crippen LogP contribution in [0.25, 0.3) is 0 Å². The molecule has 0 aromatic rings. The second kappa shape index (κ2) is 4.98. The summed E-state index contributed by atoms with van der Waals surface area (Å²) in [5.41, 5.74) is 0.0935. The number of rotatable bonds is 1. The zero-order valence-corrected chi connectivity index (χ0v) is 13.9. The molecule has 22 heavy (non-hydrogen) atoms. The van der Waals surface area contributed by atoms with Crippen molar-refractivity contribution in [3.8, 4) is 0 Å². The van der Waals surface area contributed by atoms with Crippen LogP contribution in [0.3, 0.4) is 0 Å². The number of hydrogen-bond acceptors (Lipinski definition) is 1. The fraction of sp³-hybridized carbons (Fsp3) is 0.950. The quantitative estimate of drug-likeness (QED) is 0.709. The van der Waals surface area contributed by atoms with Crippen molar-refractivity contribution in [2.24, 2.45) is 35.0 Å². The number of hydrogen-bond donors (Lipinski definition) is 0. The molecule has 1 aliphatic heterocycles. The number of fused-ring (bicyclic) bond motifs is 1. The van der Waals surface area contributed by atoms with E-state index >= 15 is 0 Å². The lowest BCUT2D eigenvalue weighted by atomic mass is 9.49. The van der Waals surface area contributed by atoms with Gasteiger partial charge in [0, 0.05) is 13.1 Å². The topological polar surface area (TPSA) is 20.3 Å². The Labute approximate surface area is 135 Å². The molecule has 2 atom stereocenters. The number of piperidine rings is 1. The van der Waals surface area contributed by atoms with Crippen LogP contribution in [0.5, 0.6) is 0 Å². The van der Waals surface area contributed by atoms with Crippen LogP contribution >= 0.6 is 0 Å². The van der Waals surface area contributed by atoms with Gasteiger partial charge in [0.05, 0.1) is 5.41 Å². The fourth-order valence-corrected chi connectivity index (χ4v) is 7.49. The fourth-order valence-electron chi connectivity index (χ4n) is 7.49. The van der Waals surface area contributed by atoms with Crippen LogP contribution in [-0.4, -0.2) is 23.9 Å². The van der Waals surface area contributed by atoms with Gasteiger partial charge in [-0.2, -0.15) is 0 Å². The normalized spacial score (nSPS) is 50.0. The molecule has 2 nitrogen and oxygen atoms in total. The zero-order valence-electron chi connectivity index (χ0n) is 13.9. The highest BCUT2D eigenvalue weighted by Crippen LogP contribution is 2.60. The number of carbonyl (C=O) groups excluding carboxylic acids is 1. The predicted molar refractivity (Wildman–Crippen MR) is 87.3 cm³/mol. The minimum absolute atomic E-state index is 0.0935. The first-order valence-corrected chi connectivity index (χ1v) is 10.0. The van der Waals surface area contributed by atoms with E-state index in [1.165, 1.54) is 70.6 Å². The highest BCUT2D eigenvalue weighted by Gasteiger charge is 2.56.